The van der Waals surface area contributed by atoms with Gasteiger partial charge in [-0.15, -0.1) is 6.42 Å². The van der Waals surface area contributed by atoms with Crippen LogP contribution in [0.1, 0.15) is 42.7 Å². The summed E-state index contributed by atoms with van der Waals surface area (Å²) in [5.74, 6) is 3.04. The normalized spacial score (nSPS) is 26.7. The minimum absolute atomic E-state index is 0.119. The summed E-state index contributed by atoms with van der Waals surface area (Å²) in [5.41, 5.74) is -1.03. The zero-order chi connectivity index (χ0) is 56.3. The Morgan fingerprint density at radius 1 is 0.785 bits per heavy atom. The topological polar surface area (TPSA) is 269 Å². The number of methoxy groups -OCH3 is 4. The lowest BCUT2D eigenvalue weighted by atomic mass is 9.80. The molecule has 4 aliphatic rings. The van der Waals surface area contributed by atoms with Crippen molar-refractivity contribution in [1.82, 2.24) is 19.8 Å². The molecule has 79 heavy (non-hydrogen) atoms. The second kappa shape index (κ2) is 27.1. The van der Waals surface area contributed by atoms with Gasteiger partial charge in [0.2, 0.25) is 0 Å². The number of aliphatic hydroxyl groups is 1. The van der Waals surface area contributed by atoms with Crippen molar-refractivity contribution in [2.45, 2.75) is 92.9 Å². The van der Waals surface area contributed by atoms with Crippen LogP contribution >= 0.6 is 29.4 Å². The van der Waals surface area contributed by atoms with Crippen molar-refractivity contribution >= 4 is 47.2 Å². The third-order valence-corrected chi connectivity index (χ3v) is 17.2. The van der Waals surface area contributed by atoms with Crippen LogP contribution in [0.2, 0.25) is 0 Å². The predicted molar refractivity (Wildman–Crippen MR) is 286 cm³/mol. The predicted octanol–water partition coefficient (Wildman–Crippen LogP) is 4.66. The number of phosphoric ester groups is 1. The number of H-pyrrole nitrogens is 1. The molecule has 23 nitrogen and oxygen atoms in total. The fourth-order valence-electron chi connectivity index (χ4n) is 9.41. The number of benzene rings is 3. The van der Waals surface area contributed by atoms with Gasteiger partial charge in [-0.2, -0.15) is 0 Å². The second-order valence-electron chi connectivity index (χ2n) is 18.2. The summed E-state index contributed by atoms with van der Waals surface area (Å²) in [6.07, 6.45) is -5.07. The highest BCUT2D eigenvalue weighted by atomic mass is 33.1. The number of terminal acetylenes is 1. The van der Waals surface area contributed by atoms with Gasteiger partial charge in [-0.25, -0.2) is 14.2 Å². The maximum absolute atomic E-state index is 16.1. The SMILES string of the molecule is C#CCOC1CSSCC1OP(=O)(OCC1OC(N2C=CC(O)NC2=O)C(OC)C1OC(=O)CCC(C)=O)OC1C(COC(c2ccccc2)(c2ccc(OC)cc2)c2ccc(OC)cc2)OC(n2ccc(=O)[nH]c2=O)C1OC. The maximum atomic E-state index is 16.1. The summed E-state index contributed by atoms with van der Waals surface area (Å²) in [6.45, 7) is 0.0773. The zero-order valence-electron chi connectivity index (χ0n) is 43.6. The van der Waals surface area contributed by atoms with Gasteiger partial charge in [0.05, 0.1) is 40.0 Å². The molecule has 26 heteroatoms. The molecule has 0 aliphatic carbocycles. The molecule has 4 aliphatic heterocycles. The molecular formula is C53H61N4O19PS2. The summed E-state index contributed by atoms with van der Waals surface area (Å²) < 4.78 is 91.9. The number of Topliss-reactive ketones (excluding diaryl/α,β-unsaturated/α-hetero) is 1. The van der Waals surface area contributed by atoms with E-state index in [1.165, 1.54) is 61.2 Å². The minimum atomic E-state index is -5.12. The number of ketones is 1. The van der Waals surface area contributed by atoms with E-state index in [2.05, 4.69) is 16.2 Å². The van der Waals surface area contributed by atoms with Crippen molar-refractivity contribution in [2.75, 3.05) is 59.8 Å². The third kappa shape index (κ3) is 13.9. The highest BCUT2D eigenvalue weighted by Gasteiger charge is 2.56. The Hall–Kier alpha value is -5.82. The second-order valence-corrected chi connectivity index (χ2v) is 22.4. The van der Waals surface area contributed by atoms with E-state index in [1.54, 1.807) is 38.5 Å². The summed E-state index contributed by atoms with van der Waals surface area (Å²) in [5, 5.41) is 12.5. The molecule has 3 saturated heterocycles. The Morgan fingerprint density at radius 2 is 1.39 bits per heavy atom. The molecule has 424 valence electrons. The number of aliphatic hydroxyl groups excluding tert-OH is 1. The molecule has 0 radical (unpaired) electrons. The van der Waals surface area contributed by atoms with Gasteiger partial charge in [-0.05, 0) is 54.0 Å². The van der Waals surface area contributed by atoms with Crippen LogP contribution in [0.3, 0.4) is 0 Å². The number of esters is 1. The number of carbonyl (C=O) groups is 3. The van der Waals surface area contributed by atoms with E-state index in [4.69, 9.17) is 62.6 Å². The molecule has 12 atom stereocenters. The van der Waals surface area contributed by atoms with Crippen molar-refractivity contribution in [3.05, 3.63) is 141 Å². The quantitative estimate of drug-likeness (QED) is 0.0268. The molecule has 0 spiro atoms. The molecule has 3 fully saturated rings. The number of carbonyl (C=O) groups excluding carboxylic acids is 3. The van der Waals surface area contributed by atoms with Gasteiger partial charge in [-0.3, -0.25) is 37.6 Å². The number of ether oxygens (including phenoxy) is 9. The largest absolute Gasteiger partial charge is 0.497 e. The van der Waals surface area contributed by atoms with E-state index in [0.717, 1.165) is 15.5 Å². The van der Waals surface area contributed by atoms with E-state index in [0.29, 0.717) is 33.9 Å². The average molecular weight is 1150 g/mol. The monoisotopic (exact) mass is 1150 g/mol. The Bertz CT molecular complexity index is 2920. The van der Waals surface area contributed by atoms with Gasteiger partial charge >= 0.3 is 25.5 Å². The molecule has 3 aromatic carbocycles. The van der Waals surface area contributed by atoms with Crippen molar-refractivity contribution in [3.63, 3.8) is 0 Å². The summed E-state index contributed by atoms with van der Waals surface area (Å²) in [4.78, 5) is 67.9. The van der Waals surface area contributed by atoms with Crippen LogP contribution in [0, 0.1) is 12.3 Å². The van der Waals surface area contributed by atoms with Crippen molar-refractivity contribution in [3.8, 4) is 23.8 Å². The summed E-state index contributed by atoms with van der Waals surface area (Å²) in [6, 6.07) is 24.2. The van der Waals surface area contributed by atoms with Crippen LogP contribution in [0.25, 0.3) is 0 Å². The first-order valence-corrected chi connectivity index (χ1v) is 28.8. The van der Waals surface area contributed by atoms with Crippen molar-refractivity contribution < 1.29 is 80.3 Å². The van der Waals surface area contributed by atoms with Gasteiger partial charge in [0.1, 0.15) is 72.3 Å². The molecule has 2 amide bonds. The van der Waals surface area contributed by atoms with Crippen molar-refractivity contribution in [2.24, 2.45) is 0 Å². The molecule has 4 aromatic rings. The fraction of sp³-hybridized carbons (Fsp3) is 0.453. The van der Waals surface area contributed by atoms with Gasteiger partial charge in [0, 0.05) is 50.6 Å². The number of amides is 2. The standard InChI is InChI=1S/C53H61N4O19PS2/c1-7-27-69-40-30-78-79-31-41(40)75-77(64,71-29-39-45(74-44(61)22-13-32(2)58)47(67-5)49(73-39)56-25-23-42(59)54-51(56)62)76-46-38(72-50(48(46)68-6)57-26-24-43(60)55-52(57)63)28-70-53(33-11-9-8-10-12-33,34-14-18-36(65-3)19-15-34)35-16-20-37(66-4)21-17-35/h1,8-12,14-21,23-26,38-42,45-50,59H,13,22,27-31H2,2-6H3,(H,54,62)(H,55,60,63). The number of hydrogen-bond donors (Lipinski definition) is 3. The van der Waals surface area contributed by atoms with Crippen LogP contribution in [0.15, 0.2) is 113 Å². The highest BCUT2D eigenvalue weighted by Crippen LogP contribution is 2.57. The Kier molecular flexibility index (Phi) is 20.3. The number of aromatic amines is 1. The van der Waals surface area contributed by atoms with Crippen LogP contribution in [0.4, 0.5) is 4.79 Å². The molecule has 0 bridgehead atoms. The Morgan fingerprint density at radius 3 is 1.99 bits per heavy atom. The lowest BCUT2D eigenvalue weighted by Gasteiger charge is -2.38. The van der Waals surface area contributed by atoms with E-state index < -0.39 is 117 Å². The van der Waals surface area contributed by atoms with E-state index >= 15 is 4.57 Å². The fourth-order valence-corrected chi connectivity index (χ4v) is 13.5. The summed E-state index contributed by atoms with van der Waals surface area (Å²) in [7, 11) is 3.47. The Labute approximate surface area is 462 Å². The van der Waals surface area contributed by atoms with E-state index in [9.17, 15) is 29.1 Å². The first-order valence-electron chi connectivity index (χ1n) is 24.9. The molecule has 8 rings (SSSR count). The number of nitrogens with one attached hydrogen (secondary N) is 2. The van der Waals surface area contributed by atoms with Gasteiger partial charge in [0.15, 0.2) is 18.6 Å². The lowest BCUT2D eigenvalue weighted by molar-refractivity contribution is -0.158. The number of hydrogen-bond acceptors (Lipinski definition) is 21. The number of nitrogens with zero attached hydrogens (tertiary/aromatic N) is 2. The molecular weight excluding hydrogens is 1090 g/mol. The van der Waals surface area contributed by atoms with Gasteiger partial charge in [-0.1, -0.05) is 82.1 Å². The van der Waals surface area contributed by atoms with Crippen LogP contribution in [0.5, 0.6) is 11.5 Å². The molecule has 5 heterocycles. The van der Waals surface area contributed by atoms with E-state index in [1.807, 2.05) is 54.6 Å². The number of phosphoric acid groups is 1. The van der Waals surface area contributed by atoms with Crippen LogP contribution in [-0.4, -0.2) is 158 Å². The average Bonchev–Trinajstić information content (AvgIpc) is 4.18. The molecule has 12 unspecified atom stereocenters. The minimum Gasteiger partial charge on any atom is -0.497 e. The van der Waals surface area contributed by atoms with E-state index in [-0.39, 0.29) is 31.0 Å². The number of rotatable bonds is 25. The maximum Gasteiger partial charge on any atom is 0.475 e. The lowest BCUT2D eigenvalue weighted by Crippen LogP contribution is -2.53. The Balaban J connectivity index is 1.21. The molecule has 3 N–H and O–H groups in total. The molecule has 1 aromatic heterocycles. The molecule has 0 saturated carbocycles. The van der Waals surface area contributed by atoms with Crippen LogP contribution in [-0.2, 0) is 66.5 Å². The highest BCUT2D eigenvalue weighted by molar-refractivity contribution is 8.76. The summed E-state index contributed by atoms with van der Waals surface area (Å²) >= 11 is 0. The van der Waals surface area contributed by atoms with Crippen LogP contribution < -0.4 is 26.0 Å². The third-order valence-electron chi connectivity index (χ3n) is 13.3. The smallest absolute Gasteiger partial charge is 0.475 e. The van der Waals surface area contributed by atoms with Gasteiger partial charge in [0.25, 0.3) is 5.56 Å². The van der Waals surface area contributed by atoms with Gasteiger partial charge < -0.3 is 57.8 Å². The number of aromatic nitrogens is 2. The first-order chi connectivity index (χ1) is 38.1. The zero-order valence-corrected chi connectivity index (χ0v) is 46.2. The van der Waals surface area contributed by atoms with Crippen molar-refractivity contribution in [1.29, 1.82) is 0 Å². The first kappa shape index (κ1) is 59.3. The number of urea groups is 1.